The summed E-state index contributed by atoms with van der Waals surface area (Å²) in [5.41, 5.74) is 2.31. The molecule has 0 aromatic carbocycles. The van der Waals surface area contributed by atoms with Gasteiger partial charge in [-0.3, -0.25) is 4.68 Å². The van der Waals surface area contributed by atoms with Crippen LogP contribution < -0.4 is 10.6 Å². The van der Waals surface area contributed by atoms with Gasteiger partial charge in [-0.1, -0.05) is 0 Å². The Balaban J connectivity index is 2.01. The average molecular weight is 238 g/mol. The number of nitrogens with zero attached hydrogens (tertiary/aromatic N) is 2. The minimum atomic E-state index is -0.235. The highest BCUT2D eigenvalue weighted by molar-refractivity contribution is 5.74. The molecular formula is C11H18N4O2. The Labute approximate surface area is 100 Å². The van der Waals surface area contributed by atoms with Gasteiger partial charge in [0.1, 0.15) is 0 Å². The fraction of sp³-hybridized carbons (Fsp3) is 0.636. The number of aliphatic hydroxyl groups is 1. The van der Waals surface area contributed by atoms with Gasteiger partial charge >= 0.3 is 6.03 Å². The van der Waals surface area contributed by atoms with E-state index in [-0.39, 0.29) is 25.2 Å². The molecule has 0 saturated heterocycles. The lowest BCUT2D eigenvalue weighted by atomic mass is 9.93. The summed E-state index contributed by atoms with van der Waals surface area (Å²) in [5, 5.41) is 18.3. The Hall–Kier alpha value is -1.56. The summed E-state index contributed by atoms with van der Waals surface area (Å²) in [7, 11) is 1.92. The van der Waals surface area contributed by atoms with E-state index in [1.165, 1.54) is 5.69 Å². The van der Waals surface area contributed by atoms with Crippen molar-refractivity contribution in [2.24, 2.45) is 7.05 Å². The molecule has 0 spiro atoms. The first-order valence-electron chi connectivity index (χ1n) is 5.88. The van der Waals surface area contributed by atoms with E-state index in [4.69, 9.17) is 5.11 Å². The second-order valence-electron chi connectivity index (χ2n) is 4.24. The third-order valence-electron chi connectivity index (χ3n) is 3.08. The number of aryl methyl sites for hydroxylation is 1. The average Bonchev–Trinajstić information content (AvgIpc) is 2.70. The number of nitrogens with one attached hydrogen (secondary N) is 2. The van der Waals surface area contributed by atoms with Crippen molar-refractivity contribution in [3.05, 3.63) is 17.5 Å². The SMILES string of the molecule is Cn1ncc2c1CCC[C@H]2NC(=O)NCCO. The first kappa shape index (κ1) is 11.9. The first-order valence-corrected chi connectivity index (χ1v) is 5.88. The first-order chi connectivity index (χ1) is 8.22. The molecule has 17 heavy (non-hydrogen) atoms. The Bertz CT molecular complexity index is 402. The zero-order chi connectivity index (χ0) is 12.3. The number of hydrogen-bond acceptors (Lipinski definition) is 3. The van der Waals surface area contributed by atoms with Gasteiger partial charge in [0.2, 0.25) is 0 Å². The minimum Gasteiger partial charge on any atom is -0.395 e. The zero-order valence-electron chi connectivity index (χ0n) is 9.94. The van der Waals surface area contributed by atoms with E-state index >= 15 is 0 Å². The Morgan fingerprint density at radius 1 is 1.71 bits per heavy atom. The molecule has 1 aliphatic carbocycles. The van der Waals surface area contributed by atoms with Crippen LogP contribution in [0.25, 0.3) is 0 Å². The smallest absolute Gasteiger partial charge is 0.315 e. The maximum Gasteiger partial charge on any atom is 0.315 e. The standard InChI is InChI=1S/C11H18N4O2/c1-15-10-4-2-3-9(8(10)7-13-15)14-11(17)12-5-6-16/h7,9,16H,2-6H2,1H3,(H2,12,14,17)/t9-/m1/s1. The fourth-order valence-corrected chi connectivity index (χ4v) is 2.23. The second-order valence-corrected chi connectivity index (χ2v) is 4.24. The summed E-state index contributed by atoms with van der Waals surface area (Å²) in [6.07, 6.45) is 4.83. The van der Waals surface area contributed by atoms with Gasteiger partial charge in [-0.25, -0.2) is 4.79 Å². The molecule has 6 nitrogen and oxygen atoms in total. The highest BCUT2D eigenvalue weighted by Gasteiger charge is 2.24. The predicted molar refractivity (Wildman–Crippen MR) is 62.5 cm³/mol. The van der Waals surface area contributed by atoms with Crippen molar-refractivity contribution >= 4 is 6.03 Å². The van der Waals surface area contributed by atoms with Crippen molar-refractivity contribution in [2.45, 2.75) is 25.3 Å². The van der Waals surface area contributed by atoms with Crippen LogP contribution in [0.3, 0.4) is 0 Å². The summed E-state index contributed by atoms with van der Waals surface area (Å²) in [5.74, 6) is 0. The molecule has 0 bridgehead atoms. The third-order valence-corrected chi connectivity index (χ3v) is 3.08. The quantitative estimate of drug-likeness (QED) is 0.698. The van der Waals surface area contributed by atoms with Crippen molar-refractivity contribution in [2.75, 3.05) is 13.2 Å². The number of aromatic nitrogens is 2. The molecule has 1 aliphatic rings. The van der Waals surface area contributed by atoms with Crippen molar-refractivity contribution in [3.8, 4) is 0 Å². The van der Waals surface area contributed by atoms with Crippen LogP contribution in [0.1, 0.15) is 30.1 Å². The Kier molecular flexibility index (Phi) is 3.63. The fourth-order valence-electron chi connectivity index (χ4n) is 2.23. The number of rotatable bonds is 3. The van der Waals surface area contributed by atoms with E-state index in [0.717, 1.165) is 24.8 Å². The van der Waals surface area contributed by atoms with Crippen LogP contribution in [0, 0.1) is 0 Å². The molecule has 2 rings (SSSR count). The summed E-state index contributed by atoms with van der Waals surface area (Å²) >= 11 is 0. The molecule has 0 radical (unpaired) electrons. The van der Waals surface area contributed by atoms with Gasteiger partial charge in [0.15, 0.2) is 0 Å². The lowest BCUT2D eigenvalue weighted by molar-refractivity contribution is 0.229. The van der Waals surface area contributed by atoms with Crippen LogP contribution >= 0.6 is 0 Å². The molecule has 1 atom stereocenters. The second kappa shape index (κ2) is 5.18. The normalized spacial score (nSPS) is 18.6. The van der Waals surface area contributed by atoms with E-state index in [9.17, 15) is 4.79 Å². The monoisotopic (exact) mass is 238 g/mol. The number of hydrogen-bond donors (Lipinski definition) is 3. The topological polar surface area (TPSA) is 79.2 Å². The molecular weight excluding hydrogens is 220 g/mol. The maximum absolute atomic E-state index is 11.5. The summed E-state index contributed by atoms with van der Waals surface area (Å²) in [4.78, 5) is 11.5. The number of fused-ring (bicyclic) bond motifs is 1. The predicted octanol–water partition coefficient (Wildman–Crippen LogP) is 0.0890. The Morgan fingerprint density at radius 3 is 3.29 bits per heavy atom. The van der Waals surface area contributed by atoms with Crippen LogP contribution in [0.15, 0.2) is 6.20 Å². The molecule has 3 N–H and O–H groups in total. The zero-order valence-corrected chi connectivity index (χ0v) is 9.94. The molecule has 2 amide bonds. The van der Waals surface area contributed by atoms with Crippen LogP contribution in [0.5, 0.6) is 0 Å². The van der Waals surface area contributed by atoms with Gasteiger partial charge in [0, 0.05) is 24.8 Å². The van der Waals surface area contributed by atoms with Gasteiger partial charge in [0.25, 0.3) is 0 Å². The summed E-state index contributed by atoms with van der Waals surface area (Å²) < 4.78 is 1.87. The van der Waals surface area contributed by atoms with Crippen molar-refractivity contribution in [1.82, 2.24) is 20.4 Å². The molecule has 1 aromatic rings. The number of amides is 2. The van der Waals surface area contributed by atoms with E-state index in [2.05, 4.69) is 15.7 Å². The van der Waals surface area contributed by atoms with Crippen LogP contribution in [-0.4, -0.2) is 34.1 Å². The lowest BCUT2D eigenvalue weighted by Gasteiger charge is -2.23. The molecule has 1 aromatic heterocycles. The Morgan fingerprint density at radius 2 is 2.53 bits per heavy atom. The van der Waals surface area contributed by atoms with E-state index in [0.29, 0.717) is 0 Å². The third kappa shape index (κ3) is 2.58. The van der Waals surface area contributed by atoms with Crippen molar-refractivity contribution in [3.63, 3.8) is 0 Å². The van der Waals surface area contributed by atoms with E-state index in [1.807, 2.05) is 17.9 Å². The van der Waals surface area contributed by atoms with E-state index < -0.39 is 0 Å². The van der Waals surface area contributed by atoms with Crippen LogP contribution in [-0.2, 0) is 13.5 Å². The van der Waals surface area contributed by atoms with Gasteiger partial charge in [0.05, 0.1) is 18.8 Å². The number of urea groups is 1. The number of carbonyl (C=O) groups is 1. The largest absolute Gasteiger partial charge is 0.395 e. The minimum absolute atomic E-state index is 0.0335. The highest BCUT2D eigenvalue weighted by Crippen LogP contribution is 2.28. The molecule has 0 unspecified atom stereocenters. The molecule has 0 fully saturated rings. The number of carbonyl (C=O) groups excluding carboxylic acids is 1. The summed E-state index contributed by atoms with van der Waals surface area (Å²) in [6, 6.07) is -0.202. The molecule has 0 saturated carbocycles. The molecule has 6 heteroatoms. The molecule has 0 aliphatic heterocycles. The lowest BCUT2D eigenvalue weighted by Crippen LogP contribution is -2.40. The highest BCUT2D eigenvalue weighted by atomic mass is 16.3. The summed E-state index contributed by atoms with van der Waals surface area (Å²) in [6.45, 7) is 0.231. The maximum atomic E-state index is 11.5. The molecule has 1 heterocycles. The van der Waals surface area contributed by atoms with Gasteiger partial charge in [-0.15, -0.1) is 0 Å². The van der Waals surface area contributed by atoms with Gasteiger partial charge in [-0.05, 0) is 19.3 Å². The van der Waals surface area contributed by atoms with Crippen molar-refractivity contribution < 1.29 is 9.90 Å². The van der Waals surface area contributed by atoms with Gasteiger partial charge < -0.3 is 15.7 Å². The van der Waals surface area contributed by atoms with Gasteiger partial charge in [-0.2, -0.15) is 5.10 Å². The number of aliphatic hydroxyl groups excluding tert-OH is 1. The van der Waals surface area contributed by atoms with Crippen LogP contribution in [0.2, 0.25) is 0 Å². The van der Waals surface area contributed by atoms with E-state index in [1.54, 1.807) is 0 Å². The van der Waals surface area contributed by atoms with Crippen molar-refractivity contribution in [1.29, 1.82) is 0 Å². The van der Waals surface area contributed by atoms with Crippen LogP contribution in [0.4, 0.5) is 4.79 Å². The molecule has 94 valence electrons.